The van der Waals surface area contributed by atoms with E-state index < -0.39 is 0 Å². The third kappa shape index (κ3) is 1.76. The van der Waals surface area contributed by atoms with Crippen molar-refractivity contribution >= 4 is 11.5 Å². The second-order valence-electron chi connectivity index (χ2n) is 4.69. The van der Waals surface area contributed by atoms with E-state index in [0.29, 0.717) is 17.5 Å². The molecule has 7 nitrogen and oxygen atoms in total. The molecular weight excluding hydrogens is 232 g/mol. The standard InChI is InChI=1S/C11H16N6O/c1-7-6-16(4-3-12-7)9-5-10-14-15-11(18)17(10)8(2)13-9/h5,7,12H,3-4,6H2,1-2H3,(H,15,18)/t7-/m0/s1. The van der Waals surface area contributed by atoms with E-state index in [1.165, 1.54) is 4.40 Å². The van der Waals surface area contributed by atoms with Crippen LogP contribution >= 0.6 is 0 Å². The van der Waals surface area contributed by atoms with Crippen LogP contribution in [0.2, 0.25) is 0 Å². The quantitative estimate of drug-likeness (QED) is 0.713. The number of aromatic amines is 1. The maximum atomic E-state index is 11.5. The molecule has 1 saturated heterocycles. The van der Waals surface area contributed by atoms with Crippen LogP contribution in [-0.2, 0) is 0 Å². The van der Waals surface area contributed by atoms with E-state index in [0.717, 1.165) is 25.5 Å². The second kappa shape index (κ2) is 4.09. The van der Waals surface area contributed by atoms with E-state index in [1.54, 1.807) is 0 Å². The average Bonchev–Trinajstić information content (AvgIpc) is 2.71. The fourth-order valence-corrected chi connectivity index (χ4v) is 2.38. The summed E-state index contributed by atoms with van der Waals surface area (Å²) in [4.78, 5) is 18.2. The zero-order chi connectivity index (χ0) is 12.7. The lowest BCUT2D eigenvalue weighted by Gasteiger charge is -2.32. The zero-order valence-corrected chi connectivity index (χ0v) is 10.5. The van der Waals surface area contributed by atoms with Crippen LogP contribution in [0.1, 0.15) is 12.7 Å². The number of hydrogen-bond donors (Lipinski definition) is 2. The Bertz CT molecular complexity index is 630. The van der Waals surface area contributed by atoms with E-state index in [-0.39, 0.29) is 5.69 Å². The van der Waals surface area contributed by atoms with Gasteiger partial charge < -0.3 is 10.2 Å². The number of nitrogens with one attached hydrogen (secondary N) is 2. The molecule has 3 rings (SSSR count). The fourth-order valence-electron chi connectivity index (χ4n) is 2.38. The Morgan fingerprint density at radius 1 is 1.50 bits per heavy atom. The van der Waals surface area contributed by atoms with Crippen LogP contribution in [0.15, 0.2) is 10.9 Å². The second-order valence-corrected chi connectivity index (χ2v) is 4.69. The molecule has 2 N–H and O–H groups in total. The van der Waals surface area contributed by atoms with Crippen molar-refractivity contribution in [3.63, 3.8) is 0 Å². The van der Waals surface area contributed by atoms with Gasteiger partial charge in [-0.05, 0) is 13.8 Å². The van der Waals surface area contributed by atoms with Gasteiger partial charge in [0, 0.05) is 31.7 Å². The maximum Gasteiger partial charge on any atom is 0.349 e. The van der Waals surface area contributed by atoms with Crippen LogP contribution in [0.4, 0.5) is 5.82 Å². The Morgan fingerprint density at radius 2 is 2.33 bits per heavy atom. The molecule has 1 atom stereocenters. The molecule has 0 bridgehead atoms. The Balaban J connectivity index is 2.04. The number of anilines is 1. The molecular formula is C11H16N6O. The third-order valence-corrected chi connectivity index (χ3v) is 3.25. The smallest absolute Gasteiger partial charge is 0.349 e. The van der Waals surface area contributed by atoms with Gasteiger partial charge in [-0.1, -0.05) is 0 Å². The SMILES string of the molecule is Cc1nc(N2CCN[C@@H](C)C2)cc2n[nH]c(=O)n12. The fraction of sp³-hybridized carbons (Fsp3) is 0.545. The number of piperazine rings is 1. The van der Waals surface area contributed by atoms with Gasteiger partial charge >= 0.3 is 5.69 Å². The van der Waals surface area contributed by atoms with Crippen molar-refractivity contribution in [1.29, 1.82) is 0 Å². The lowest BCUT2D eigenvalue weighted by Crippen LogP contribution is -2.49. The van der Waals surface area contributed by atoms with Crippen LogP contribution in [0.25, 0.3) is 5.65 Å². The zero-order valence-electron chi connectivity index (χ0n) is 10.5. The predicted molar refractivity (Wildman–Crippen MR) is 68.0 cm³/mol. The van der Waals surface area contributed by atoms with Crippen molar-refractivity contribution in [2.24, 2.45) is 0 Å². The van der Waals surface area contributed by atoms with E-state index in [9.17, 15) is 4.79 Å². The summed E-state index contributed by atoms with van der Waals surface area (Å²) in [5.74, 6) is 1.54. The molecule has 0 radical (unpaired) electrons. The highest BCUT2D eigenvalue weighted by Crippen LogP contribution is 2.15. The van der Waals surface area contributed by atoms with Gasteiger partial charge in [-0.15, -0.1) is 0 Å². The van der Waals surface area contributed by atoms with Crippen LogP contribution in [-0.4, -0.2) is 45.3 Å². The molecule has 1 fully saturated rings. The topological polar surface area (TPSA) is 78.3 Å². The molecule has 7 heteroatoms. The van der Waals surface area contributed by atoms with Gasteiger partial charge in [0.25, 0.3) is 0 Å². The van der Waals surface area contributed by atoms with Crippen LogP contribution < -0.4 is 15.9 Å². The summed E-state index contributed by atoms with van der Waals surface area (Å²) in [6, 6.07) is 2.29. The number of hydrogen-bond acceptors (Lipinski definition) is 5. The summed E-state index contributed by atoms with van der Waals surface area (Å²) in [6.45, 7) is 6.74. The molecule has 18 heavy (non-hydrogen) atoms. The minimum atomic E-state index is -0.241. The van der Waals surface area contributed by atoms with Crippen molar-refractivity contribution in [3.8, 4) is 0 Å². The lowest BCUT2D eigenvalue weighted by atomic mass is 10.2. The highest BCUT2D eigenvalue weighted by Gasteiger charge is 2.18. The summed E-state index contributed by atoms with van der Waals surface area (Å²) >= 11 is 0. The number of rotatable bonds is 1. The van der Waals surface area contributed by atoms with Crippen LogP contribution in [0.5, 0.6) is 0 Å². The molecule has 1 aliphatic heterocycles. The Labute approximate surface area is 104 Å². The summed E-state index contributed by atoms with van der Waals surface area (Å²) in [5.41, 5.74) is 0.379. The van der Waals surface area contributed by atoms with Crippen molar-refractivity contribution < 1.29 is 0 Å². The van der Waals surface area contributed by atoms with Gasteiger partial charge in [-0.2, -0.15) is 5.10 Å². The first-order chi connectivity index (χ1) is 8.65. The first kappa shape index (κ1) is 11.2. The molecule has 3 heterocycles. The highest BCUT2D eigenvalue weighted by molar-refractivity contribution is 5.51. The van der Waals surface area contributed by atoms with Gasteiger partial charge in [0.15, 0.2) is 5.65 Å². The van der Waals surface area contributed by atoms with Crippen LogP contribution in [0.3, 0.4) is 0 Å². The van der Waals surface area contributed by atoms with E-state index in [2.05, 4.69) is 32.3 Å². The third-order valence-electron chi connectivity index (χ3n) is 3.25. The summed E-state index contributed by atoms with van der Waals surface area (Å²) < 4.78 is 1.48. The maximum absolute atomic E-state index is 11.5. The molecule has 0 unspecified atom stereocenters. The van der Waals surface area contributed by atoms with E-state index in [4.69, 9.17) is 0 Å². The van der Waals surface area contributed by atoms with E-state index >= 15 is 0 Å². The molecule has 1 aliphatic rings. The average molecular weight is 248 g/mol. The minimum absolute atomic E-state index is 0.241. The first-order valence-electron chi connectivity index (χ1n) is 6.08. The first-order valence-corrected chi connectivity index (χ1v) is 6.08. The molecule has 0 saturated carbocycles. The van der Waals surface area contributed by atoms with Gasteiger partial charge in [0.2, 0.25) is 0 Å². The monoisotopic (exact) mass is 248 g/mol. The molecule has 96 valence electrons. The Morgan fingerprint density at radius 3 is 3.11 bits per heavy atom. The Kier molecular flexibility index (Phi) is 2.55. The van der Waals surface area contributed by atoms with Crippen molar-refractivity contribution in [2.45, 2.75) is 19.9 Å². The summed E-state index contributed by atoms with van der Waals surface area (Å²) in [5, 5.41) is 9.83. The lowest BCUT2D eigenvalue weighted by molar-refractivity contribution is 0.482. The molecule has 0 aromatic carbocycles. The highest BCUT2D eigenvalue weighted by atomic mass is 16.1. The van der Waals surface area contributed by atoms with E-state index in [1.807, 2.05) is 13.0 Å². The Hall–Kier alpha value is -1.89. The normalized spacial score (nSPS) is 20.6. The predicted octanol–water partition coefficient (Wildman–Crippen LogP) is -0.476. The number of nitrogens with zero attached hydrogens (tertiary/aromatic N) is 4. The molecule has 0 amide bonds. The largest absolute Gasteiger partial charge is 0.354 e. The molecule has 2 aromatic heterocycles. The van der Waals surface area contributed by atoms with Crippen molar-refractivity contribution in [1.82, 2.24) is 24.9 Å². The van der Waals surface area contributed by atoms with Crippen molar-refractivity contribution in [2.75, 3.05) is 24.5 Å². The molecule has 0 spiro atoms. The number of aryl methyl sites for hydroxylation is 1. The van der Waals surface area contributed by atoms with Gasteiger partial charge in [-0.25, -0.2) is 19.3 Å². The van der Waals surface area contributed by atoms with Crippen LogP contribution in [0, 0.1) is 6.92 Å². The number of fused-ring (bicyclic) bond motifs is 1. The molecule has 2 aromatic rings. The minimum Gasteiger partial charge on any atom is -0.354 e. The van der Waals surface area contributed by atoms with Gasteiger partial charge in [0.05, 0.1) is 0 Å². The number of H-pyrrole nitrogens is 1. The summed E-state index contributed by atoms with van der Waals surface area (Å²) in [6.07, 6.45) is 0. The molecule has 0 aliphatic carbocycles. The number of aromatic nitrogens is 4. The van der Waals surface area contributed by atoms with Crippen molar-refractivity contribution in [3.05, 3.63) is 22.4 Å². The van der Waals surface area contributed by atoms with Gasteiger partial charge in [0.1, 0.15) is 11.6 Å². The van der Waals surface area contributed by atoms with Gasteiger partial charge in [-0.3, -0.25) is 0 Å². The summed E-state index contributed by atoms with van der Waals surface area (Å²) in [7, 11) is 0.